The molecule has 1 heterocycles. The summed E-state index contributed by atoms with van der Waals surface area (Å²) in [5.41, 5.74) is 6.46. The van der Waals surface area contributed by atoms with Crippen LogP contribution in [0.5, 0.6) is 0 Å². The van der Waals surface area contributed by atoms with Crippen molar-refractivity contribution in [1.82, 2.24) is 15.1 Å². The highest BCUT2D eigenvalue weighted by Gasteiger charge is 2.14. The van der Waals surface area contributed by atoms with Crippen LogP contribution < -0.4 is 11.1 Å². The number of nitrogens with two attached hydrogens (primary N) is 1. The number of rotatable bonds is 4. The van der Waals surface area contributed by atoms with Gasteiger partial charge in [-0.25, -0.2) is 0 Å². The first-order chi connectivity index (χ1) is 8.78. The second kappa shape index (κ2) is 6.54. The van der Waals surface area contributed by atoms with Crippen molar-refractivity contribution in [3.8, 4) is 0 Å². The number of amides is 1. The van der Waals surface area contributed by atoms with Crippen LogP contribution in [-0.2, 0) is 17.9 Å². The Balaban J connectivity index is 1.80. The van der Waals surface area contributed by atoms with Gasteiger partial charge in [-0.15, -0.1) is 0 Å². The highest BCUT2D eigenvalue weighted by molar-refractivity contribution is 5.75. The number of aromatic nitrogens is 2. The van der Waals surface area contributed by atoms with Crippen molar-refractivity contribution in [1.29, 1.82) is 0 Å². The van der Waals surface area contributed by atoms with Gasteiger partial charge < -0.3 is 11.1 Å². The normalized spacial score (nSPS) is 17.4. The topological polar surface area (TPSA) is 72.9 Å². The Morgan fingerprint density at radius 2 is 2.11 bits per heavy atom. The van der Waals surface area contributed by atoms with E-state index >= 15 is 0 Å². The average molecular weight is 250 g/mol. The number of carbonyl (C=O) groups is 1. The van der Waals surface area contributed by atoms with Gasteiger partial charge in [-0.05, 0) is 12.8 Å². The molecule has 0 atom stereocenters. The van der Waals surface area contributed by atoms with Crippen LogP contribution in [0.4, 0.5) is 0 Å². The lowest BCUT2D eigenvalue weighted by Crippen LogP contribution is -2.36. The third-order valence-electron chi connectivity index (χ3n) is 3.45. The molecule has 1 aromatic rings. The lowest BCUT2D eigenvalue weighted by atomic mass is 10.1. The molecular formula is C13H22N4O. The summed E-state index contributed by atoms with van der Waals surface area (Å²) in [4.78, 5) is 11.9. The maximum Gasteiger partial charge on any atom is 0.241 e. The molecular weight excluding hydrogens is 228 g/mol. The van der Waals surface area contributed by atoms with E-state index < -0.39 is 0 Å². The first-order valence-corrected chi connectivity index (χ1v) is 6.78. The molecule has 0 unspecified atom stereocenters. The highest BCUT2D eigenvalue weighted by Crippen LogP contribution is 2.17. The van der Waals surface area contributed by atoms with Crippen molar-refractivity contribution >= 4 is 5.91 Å². The first kappa shape index (κ1) is 13.1. The van der Waals surface area contributed by atoms with Crippen molar-refractivity contribution in [2.75, 3.05) is 0 Å². The fraction of sp³-hybridized carbons (Fsp3) is 0.692. The Morgan fingerprint density at radius 1 is 1.39 bits per heavy atom. The van der Waals surface area contributed by atoms with E-state index in [1.54, 1.807) is 10.9 Å². The molecule has 0 radical (unpaired) electrons. The van der Waals surface area contributed by atoms with Crippen LogP contribution in [0, 0.1) is 0 Å². The second-order valence-electron chi connectivity index (χ2n) is 5.01. The number of nitrogens with zero attached hydrogens (tertiary/aromatic N) is 2. The SMILES string of the molecule is NCc1cnn(CC(=O)NC2CCCCCC2)c1. The van der Waals surface area contributed by atoms with Gasteiger partial charge in [0.15, 0.2) is 0 Å². The van der Waals surface area contributed by atoms with Gasteiger partial charge in [0, 0.05) is 24.3 Å². The molecule has 5 heteroatoms. The van der Waals surface area contributed by atoms with Gasteiger partial charge in [-0.1, -0.05) is 25.7 Å². The maximum atomic E-state index is 11.9. The molecule has 1 fully saturated rings. The standard InChI is InChI=1S/C13H22N4O/c14-7-11-8-15-17(9-11)10-13(18)16-12-5-3-1-2-4-6-12/h8-9,12H,1-7,10,14H2,(H,16,18). The van der Waals surface area contributed by atoms with E-state index in [1.807, 2.05) is 6.20 Å². The van der Waals surface area contributed by atoms with Crippen LogP contribution >= 0.6 is 0 Å². The highest BCUT2D eigenvalue weighted by atomic mass is 16.2. The van der Waals surface area contributed by atoms with Crippen LogP contribution in [0.3, 0.4) is 0 Å². The molecule has 0 aliphatic heterocycles. The minimum Gasteiger partial charge on any atom is -0.352 e. The Hall–Kier alpha value is -1.36. The summed E-state index contributed by atoms with van der Waals surface area (Å²) < 4.78 is 1.65. The van der Waals surface area contributed by atoms with Crippen molar-refractivity contribution in [2.45, 2.75) is 57.7 Å². The monoisotopic (exact) mass is 250 g/mol. The van der Waals surface area contributed by atoms with E-state index in [0.717, 1.165) is 18.4 Å². The van der Waals surface area contributed by atoms with Crippen molar-refractivity contribution in [3.05, 3.63) is 18.0 Å². The Labute approximate surface area is 108 Å². The fourth-order valence-corrected chi connectivity index (χ4v) is 2.44. The average Bonchev–Trinajstić information content (AvgIpc) is 2.65. The third kappa shape index (κ3) is 3.84. The van der Waals surface area contributed by atoms with Crippen LogP contribution in [0.25, 0.3) is 0 Å². The lowest BCUT2D eigenvalue weighted by Gasteiger charge is -2.16. The summed E-state index contributed by atoms with van der Waals surface area (Å²) >= 11 is 0. The van der Waals surface area contributed by atoms with E-state index in [2.05, 4.69) is 10.4 Å². The molecule has 0 saturated heterocycles. The molecule has 5 nitrogen and oxygen atoms in total. The molecule has 1 aliphatic carbocycles. The molecule has 0 spiro atoms. The number of nitrogens with one attached hydrogen (secondary N) is 1. The quantitative estimate of drug-likeness (QED) is 0.788. The van der Waals surface area contributed by atoms with Gasteiger partial charge in [0.2, 0.25) is 5.91 Å². The van der Waals surface area contributed by atoms with Gasteiger partial charge in [-0.2, -0.15) is 5.10 Å². The zero-order chi connectivity index (χ0) is 12.8. The maximum absolute atomic E-state index is 11.9. The van der Waals surface area contributed by atoms with Crippen LogP contribution in [0.2, 0.25) is 0 Å². The fourth-order valence-electron chi connectivity index (χ4n) is 2.44. The molecule has 1 saturated carbocycles. The molecule has 100 valence electrons. The van der Waals surface area contributed by atoms with Gasteiger partial charge in [-0.3, -0.25) is 9.48 Å². The summed E-state index contributed by atoms with van der Waals surface area (Å²) in [6.07, 6.45) is 10.8. The number of hydrogen-bond acceptors (Lipinski definition) is 3. The molecule has 1 aliphatic rings. The second-order valence-corrected chi connectivity index (χ2v) is 5.01. The zero-order valence-corrected chi connectivity index (χ0v) is 10.8. The molecule has 1 amide bonds. The summed E-state index contributed by atoms with van der Waals surface area (Å²) in [5.74, 6) is 0.0496. The zero-order valence-electron chi connectivity index (χ0n) is 10.8. The Kier molecular flexibility index (Phi) is 4.75. The third-order valence-corrected chi connectivity index (χ3v) is 3.45. The molecule has 0 aromatic carbocycles. The number of hydrogen-bond donors (Lipinski definition) is 2. The molecule has 18 heavy (non-hydrogen) atoms. The number of carbonyl (C=O) groups excluding carboxylic acids is 1. The Bertz CT molecular complexity index is 380. The summed E-state index contributed by atoms with van der Waals surface area (Å²) in [7, 11) is 0. The minimum atomic E-state index is 0.0496. The summed E-state index contributed by atoms with van der Waals surface area (Å²) in [5, 5.41) is 7.22. The van der Waals surface area contributed by atoms with Crippen LogP contribution in [0.1, 0.15) is 44.1 Å². The van der Waals surface area contributed by atoms with E-state index in [-0.39, 0.29) is 12.5 Å². The van der Waals surface area contributed by atoms with Crippen molar-refractivity contribution < 1.29 is 4.79 Å². The predicted molar refractivity (Wildman–Crippen MR) is 69.8 cm³/mol. The van der Waals surface area contributed by atoms with Gasteiger partial charge in [0.05, 0.1) is 6.20 Å². The summed E-state index contributed by atoms with van der Waals surface area (Å²) in [6, 6.07) is 0.351. The largest absolute Gasteiger partial charge is 0.352 e. The first-order valence-electron chi connectivity index (χ1n) is 6.78. The molecule has 1 aromatic heterocycles. The van der Waals surface area contributed by atoms with E-state index in [4.69, 9.17) is 5.73 Å². The van der Waals surface area contributed by atoms with Crippen molar-refractivity contribution in [3.63, 3.8) is 0 Å². The molecule has 3 N–H and O–H groups in total. The lowest BCUT2D eigenvalue weighted by molar-refractivity contribution is -0.122. The minimum absolute atomic E-state index is 0.0496. The van der Waals surface area contributed by atoms with E-state index in [0.29, 0.717) is 12.6 Å². The van der Waals surface area contributed by atoms with E-state index in [1.165, 1.54) is 25.7 Å². The van der Waals surface area contributed by atoms with Gasteiger partial charge in [0.1, 0.15) is 6.54 Å². The van der Waals surface area contributed by atoms with Crippen molar-refractivity contribution in [2.24, 2.45) is 5.73 Å². The summed E-state index contributed by atoms with van der Waals surface area (Å²) in [6.45, 7) is 0.751. The smallest absolute Gasteiger partial charge is 0.241 e. The molecule has 0 bridgehead atoms. The van der Waals surface area contributed by atoms with Crippen LogP contribution in [0.15, 0.2) is 12.4 Å². The van der Waals surface area contributed by atoms with Gasteiger partial charge in [0.25, 0.3) is 0 Å². The molecule has 2 rings (SSSR count). The van der Waals surface area contributed by atoms with Crippen LogP contribution in [-0.4, -0.2) is 21.7 Å². The van der Waals surface area contributed by atoms with E-state index in [9.17, 15) is 4.79 Å². The predicted octanol–water partition coefficient (Wildman–Crippen LogP) is 1.18. The van der Waals surface area contributed by atoms with Gasteiger partial charge >= 0.3 is 0 Å². The Morgan fingerprint density at radius 3 is 2.72 bits per heavy atom.